The first-order chi connectivity index (χ1) is 12.3. The number of hydrogen-bond donors (Lipinski definition) is 2. The molecule has 8 heteroatoms. The topological polar surface area (TPSA) is 84.9 Å². The van der Waals surface area contributed by atoms with E-state index in [1.54, 1.807) is 23.9 Å². The Morgan fingerprint density at radius 1 is 1.32 bits per heavy atom. The number of fused-ring (bicyclic) bond motifs is 1. The highest BCUT2D eigenvalue weighted by Crippen LogP contribution is 2.23. The molecule has 0 saturated carbocycles. The van der Waals surface area contributed by atoms with Gasteiger partial charge in [0.15, 0.2) is 5.65 Å². The number of thiophene rings is 1. The van der Waals surface area contributed by atoms with Gasteiger partial charge in [-0.1, -0.05) is 6.07 Å². The van der Waals surface area contributed by atoms with Crippen molar-refractivity contribution in [2.45, 2.75) is 25.4 Å². The summed E-state index contributed by atoms with van der Waals surface area (Å²) in [7, 11) is 0. The molecule has 1 fully saturated rings. The monoisotopic (exact) mass is 357 g/mol. The Hall–Kier alpha value is -2.03. The molecule has 4 rings (SSSR count). The van der Waals surface area contributed by atoms with Crippen LogP contribution in [0, 0.1) is 0 Å². The molecule has 0 aromatic carbocycles. The Morgan fingerprint density at radius 3 is 2.96 bits per heavy atom. The summed E-state index contributed by atoms with van der Waals surface area (Å²) in [6.07, 6.45) is 5.58. The van der Waals surface area contributed by atoms with Gasteiger partial charge in [0.2, 0.25) is 5.95 Å². The van der Waals surface area contributed by atoms with Crippen LogP contribution in [0.25, 0.3) is 11.2 Å². The molecule has 3 aromatic rings. The van der Waals surface area contributed by atoms with Crippen molar-refractivity contribution in [3.63, 3.8) is 0 Å². The Kier molecular flexibility index (Phi) is 4.91. The van der Waals surface area contributed by atoms with Crippen LogP contribution in [0.1, 0.15) is 17.7 Å². The van der Waals surface area contributed by atoms with Gasteiger partial charge in [-0.3, -0.25) is 4.57 Å². The van der Waals surface area contributed by atoms with Gasteiger partial charge in [0.1, 0.15) is 11.8 Å². The summed E-state index contributed by atoms with van der Waals surface area (Å²) in [6, 6.07) is 4.65. The van der Waals surface area contributed by atoms with Crippen LogP contribution in [0.4, 0.5) is 5.95 Å². The largest absolute Gasteiger partial charge is 0.353 e. The SMILES string of the molecule is NCCN1CCC(Nc2nc3cncnc3n2Cc2cccs2)CC1. The highest BCUT2D eigenvalue weighted by molar-refractivity contribution is 7.09. The van der Waals surface area contributed by atoms with Crippen LogP contribution in [-0.2, 0) is 6.54 Å². The van der Waals surface area contributed by atoms with E-state index in [1.807, 2.05) is 0 Å². The first-order valence-corrected chi connectivity index (χ1v) is 9.59. The molecule has 0 bridgehead atoms. The molecular formula is C17H23N7S. The highest BCUT2D eigenvalue weighted by atomic mass is 32.1. The lowest BCUT2D eigenvalue weighted by Crippen LogP contribution is -2.41. The summed E-state index contributed by atoms with van der Waals surface area (Å²) in [5, 5.41) is 5.75. The normalized spacial score (nSPS) is 16.5. The number of aromatic nitrogens is 4. The van der Waals surface area contributed by atoms with Crippen LogP contribution in [0.2, 0.25) is 0 Å². The summed E-state index contributed by atoms with van der Waals surface area (Å²) in [6.45, 7) is 4.66. The molecule has 1 aliphatic rings. The Bertz CT molecular complexity index is 806. The smallest absolute Gasteiger partial charge is 0.205 e. The quantitative estimate of drug-likeness (QED) is 0.699. The molecule has 25 heavy (non-hydrogen) atoms. The Labute approximate surface area is 150 Å². The zero-order valence-corrected chi connectivity index (χ0v) is 15.0. The van der Waals surface area contributed by atoms with Gasteiger partial charge in [0.25, 0.3) is 0 Å². The molecule has 1 aliphatic heterocycles. The van der Waals surface area contributed by atoms with Gasteiger partial charge in [-0.2, -0.15) is 0 Å². The maximum atomic E-state index is 5.66. The fourth-order valence-corrected chi connectivity index (χ4v) is 4.05. The summed E-state index contributed by atoms with van der Waals surface area (Å²) < 4.78 is 2.16. The molecule has 0 radical (unpaired) electrons. The molecule has 4 heterocycles. The lowest BCUT2D eigenvalue weighted by atomic mass is 10.1. The minimum Gasteiger partial charge on any atom is -0.353 e. The molecule has 132 valence electrons. The zero-order chi connectivity index (χ0) is 17.1. The number of piperidine rings is 1. The minimum atomic E-state index is 0.431. The van der Waals surface area contributed by atoms with E-state index >= 15 is 0 Å². The number of nitrogens with one attached hydrogen (secondary N) is 1. The van der Waals surface area contributed by atoms with Crippen LogP contribution >= 0.6 is 11.3 Å². The average molecular weight is 357 g/mol. The van der Waals surface area contributed by atoms with Gasteiger partial charge in [-0.15, -0.1) is 11.3 Å². The van der Waals surface area contributed by atoms with Gasteiger partial charge in [0, 0.05) is 37.1 Å². The number of anilines is 1. The Balaban J connectivity index is 1.54. The number of nitrogens with two attached hydrogens (primary N) is 1. The van der Waals surface area contributed by atoms with Gasteiger partial charge in [-0.25, -0.2) is 15.0 Å². The molecule has 0 aliphatic carbocycles. The van der Waals surface area contributed by atoms with E-state index in [0.717, 1.165) is 62.7 Å². The predicted octanol–water partition coefficient (Wildman–Crippen LogP) is 1.77. The number of nitrogens with zero attached hydrogens (tertiary/aromatic N) is 5. The van der Waals surface area contributed by atoms with E-state index in [9.17, 15) is 0 Å². The third kappa shape index (κ3) is 3.65. The molecule has 3 N–H and O–H groups in total. The molecule has 3 aromatic heterocycles. The minimum absolute atomic E-state index is 0.431. The van der Waals surface area contributed by atoms with E-state index in [4.69, 9.17) is 10.7 Å². The van der Waals surface area contributed by atoms with Crippen molar-refractivity contribution >= 4 is 28.4 Å². The van der Waals surface area contributed by atoms with Crippen molar-refractivity contribution in [1.82, 2.24) is 24.4 Å². The van der Waals surface area contributed by atoms with Crippen LogP contribution in [0.5, 0.6) is 0 Å². The van der Waals surface area contributed by atoms with Crippen LogP contribution in [0.15, 0.2) is 30.0 Å². The van der Waals surface area contributed by atoms with Crippen molar-refractivity contribution in [2.75, 3.05) is 31.5 Å². The van der Waals surface area contributed by atoms with E-state index in [0.29, 0.717) is 6.04 Å². The van der Waals surface area contributed by atoms with Crippen LogP contribution in [-0.4, -0.2) is 56.6 Å². The van der Waals surface area contributed by atoms with Crippen molar-refractivity contribution < 1.29 is 0 Å². The van der Waals surface area contributed by atoms with Crippen LogP contribution in [0.3, 0.4) is 0 Å². The lowest BCUT2D eigenvalue weighted by molar-refractivity contribution is 0.224. The number of likely N-dealkylation sites (tertiary alicyclic amines) is 1. The Morgan fingerprint density at radius 2 is 2.20 bits per heavy atom. The first kappa shape index (κ1) is 16.4. The van der Waals surface area contributed by atoms with Crippen molar-refractivity contribution in [1.29, 1.82) is 0 Å². The van der Waals surface area contributed by atoms with Gasteiger partial charge in [0.05, 0.1) is 12.7 Å². The number of imidazole rings is 1. The number of rotatable bonds is 6. The second-order valence-electron chi connectivity index (χ2n) is 6.38. The van der Waals surface area contributed by atoms with Crippen molar-refractivity contribution in [2.24, 2.45) is 5.73 Å². The molecule has 0 spiro atoms. The predicted molar refractivity (Wildman–Crippen MR) is 101 cm³/mol. The fraction of sp³-hybridized carbons (Fsp3) is 0.471. The summed E-state index contributed by atoms with van der Waals surface area (Å²) in [4.78, 5) is 17.0. The average Bonchev–Trinajstić information content (AvgIpc) is 3.26. The maximum absolute atomic E-state index is 5.66. The van der Waals surface area contributed by atoms with E-state index in [-0.39, 0.29) is 0 Å². The molecular weight excluding hydrogens is 334 g/mol. The third-order valence-electron chi connectivity index (χ3n) is 4.67. The third-order valence-corrected chi connectivity index (χ3v) is 5.53. The first-order valence-electron chi connectivity index (χ1n) is 8.71. The summed E-state index contributed by atoms with van der Waals surface area (Å²) in [5.41, 5.74) is 7.38. The molecule has 1 saturated heterocycles. The number of hydrogen-bond acceptors (Lipinski definition) is 7. The van der Waals surface area contributed by atoms with Crippen LogP contribution < -0.4 is 11.1 Å². The zero-order valence-electron chi connectivity index (χ0n) is 14.1. The highest BCUT2D eigenvalue weighted by Gasteiger charge is 2.21. The molecule has 0 atom stereocenters. The van der Waals surface area contributed by atoms with Gasteiger partial charge < -0.3 is 16.0 Å². The lowest BCUT2D eigenvalue weighted by Gasteiger charge is -2.32. The fourth-order valence-electron chi connectivity index (χ4n) is 3.36. The van der Waals surface area contributed by atoms with Gasteiger partial charge >= 0.3 is 0 Å². The molecule has 0 unspecified atom stereocenters. The second-order valence-corrected chi connectivity index (χ2v) is 7.41. The van der Waals surface area contributed by atoms with E-state index in [2.05, 4.69) is 42.3 Å². The summed E-state index contributed by atoms with van der Waals surface area (Å²) >= 11 is 1.75. The van der Waals surface area contributed by atoms with E-state index < -0.39 is 0 Å². The van der Waals surface area contributed by atoms with Crippen molar-refractivity contribution in [3.05, 3.63) is 34.9 Å². The van der Waals surface area contributed by atoms with Crippen molar-refractivity contribution in [3.8, 4) is 0 Å². The van der Waals surface area contributed by atoms with E-state index in [1.165, 1.54) is 4.88 Å². The standard InChI is InChI=1S/C17H23N7S/c18-5-8-23-6-3-13(4-7-23)21-17-22-15-10-19-12-20-16(15)24(17)11-14-2-1-9-25-14/h1-2,9-10,12-13H,3-8,11,18H2,(H,21,22). The molecule has 0 amide bonds. The van der Waals surface area contributed by atoms with Gasteiger partial charge in [-0.05, 0) is 24.3 Å². The maximum Gasteiger partial charge on any atom is 0.205 e. The second kappa shape index (κ2) is 7.47. The summed E-state index contributed by atoms with van der Waals surface area (Å²) in [5.74, 6) is 0.890. The molecule has 7 nitrogen and oxygen atoms in total.